The van der Waals surface area contributed by atoms with Gasteiger partial charge in [-0.3, -0.25) is 14.2 Å². The normalized spacial score (nSPS) is 11.0. The van der Waals surface area contributed by atoms with Crippen molar-refractivity contribution in [3.8, 4) is 0 Å². The largest absolute Gasteiger partial charge is 0.324 e. The van der Waals surface area contributed by atoms with Crippen LogP contribution in [0.1, 0.15) is 21.8 Å². The van der Waals surface area contributed by atoms with Crippen LogP contribution in [-0.2, 0) is 11.3 Å². The number of fused-ring (bicyclic) bond motifs is 1. The zero-order valence-corrected chi connectivity index (χ0v) is 15.0. The zero-order chi connectivity index (χ0) is 17.4. The van der Waals surface area contributed by atoms with Gasteiger partial charge in [0, 0.05) is 10.6 Å². The zero-order valence-electron chi connectivity index (χ0n) is 14.1. The van der Waals surface area contributed by atoms with E-state index in [1.807, 2.05) is 45.0 Å². The lowest BCUT2D eigenvalue weighted by Crippen LogP contribution is -2.30. The first-order chi connectivity index (χ1) is 11.4. The fourth-order valence-electron chi connectivity index (χ4n) is 2.64. The van der Waals surface area contributed by atoms with E-state index in [4.69, 9.17) is 0 Å². The average molecular weight is 341 g/mol. The lowest BCUT2D eigenvalue weighted by Gasteiger charge is -2.12. The van der Waals surface area contributed by atoms with Gasteiger partial charge in [-0.05, 0) is 51.0 Å². The van der Waals surface area contributed by atoms with Crippen LogP contribution in [0.3, 0.4) is 0 Å². The predicted molar refractivity (Wildman–Crippen MR) is 97.9 cm³/mol. The van der Waals surface area contributed by atoms with Gasteiger partial charge in [-0.1, -0.05) is 12.1 Å². The summed E-state index contributed by atoms with van der Waals surface area (Å²) in [6, 6.07) is 7.58. The number of rotatable bonds is 3. The molecule has 0 atom stereocenters. The molecule has 0 unspecified atom stereocenters. The van der Waals surface area contributed by atoms with Crippen LogP contribution < -0.4 is 10.9 Å². The summed E-state index contributed by atoms with van der Waals surface area (Å²) in [5.74, 6) is 0.312. The molecule has 1 N–H and O–H groups in total. The quantitative estimate of drug-likeness (QED) is 0.795. The molecule has 24 heavy (non-hydrogen) atoms. The smallest absolute Gasteiger partial charge is 0.262 e. The minimum Gasteiger partial charge on any atom is -0.324 e. The Balaban J connectivity index is 1.90. The van der Waals surface area contributed by atoms with Gasteiger partial charge in [-0.2, -0.15) is 0 Å². The maximum Gasteiger partial charge on any atom is 0.262 e. The number of aromatic nitrogens is 2. The average Bonchev–Trinajstić information content (AvgIpc) is 2.89. The van der Waals surface area contributed by atoms with Crippen molar-refractivity contribution in [2.24, 2.45) is 0 Å². The number of benzene rings is 1. The Labute approximate surface area is 144 Å². The number of nitrogens with zero attached hydrogens (tertiary/aromatic N) is 2. The van der Waals surface area contributed by atoms with Gasteiger partial charge in [0.2, 0.25) is 5.91 Å². The molecule has 2 heterocycles. The summed E-state index contributed by atoms with van der Waals surface area (Å²) in [7, 11) is 0. The second kappa shape index (κ2) is 6.20. The third-order valence-corrected chi connectivity index (χ3v) is 5.09. The first kappa shape index (κ1) is 16.4. The van der Waals surface area contributed by atoms with E-state index < -0.39 is 0 Å². The Morgan fingerprint density at radius 2 is 2.00 bits per heavy atom. The van der Waals surface area contributed by atoms with E-state index in [0.717, 1.165) is 26.5 Å². The fraction of sp³-hybridized carbons (Fsp3) is 0.278. The number of hydrogen-bond acceptors (Lipinski definition) is 4. The van der Waals surface area contributed by atoms with Crippen molar-refractivity contribution in [2.75, 3.05) is 5.32 Å². The first-order valence-corrected chi connectivity index (χ1v) is 8.52. The van der Waals surface area contributed by atoms with Crippen LogP contribution in [0.25, 0.3) is 10.2 Å². The number of carbonyl (C=O) groups excluding carboxylic acids is 1. The van der Waals surface area contributed by atoms with Crippen molar-refractivity contribution in [3.05, 3.63) is 56.4 Å². The molecule has 3 rings (SSSR count). The number of aryl methyl sites for hydroxylation is 3. The van der Waals surface area contributed by atoms with Crippen molar-refractivity contribution >= 4 is 33.1 Å². The molecule has 2 aromatic heterocycles. The van der Waals surface area contributed by atoms with Crippen LogP contribution in [0.5, 0.6) is 0 Å². The summed E-state index contributed by atoms with van der Waals surface area (Å²) in [5.41, 5.74) is 2.74. The van der Waals surface area contributed by atoms with Crippen LogP contribution in [-0.4, -0.2) is 15.5 Å². The summed E-state index contributed by atoms with van der Waals surface area (Å²) in [5, 5.41) is 3.46. The minimum absolute atomic E-state index is 0.0458. The van der Waals surface area contributed by atoms with Gasteiger partial charge in [0.05, 0.1) is 5.39 Å². The van der Waals surface area contributed by atoms with Crippen molar-refractivity contribution in [1.82, 2.24) is 9.55 Å². The number of hydrogen-bond donors (Lipinski definition) is 1. The molecule has 1 aromatic carbocycles. The van der Waals surface area contributed by atoms with Gasteiger partial charge in [-0.15, -0.1) is 11.3 Å². The van der Waals surface area contributed by atoms with Crippen molar-refractivity contribution in [2.45, 2.75) is 34.2 Å². The van der Waals surface area contributed by atoms with Crippen LogP contribution in [0.4, 0.5) is 5.69 Å². The van der Waals surface area contributed by atoms with E-state index in [2.05, 4.69) is 10.3 Å². The van der Waals surface area contributed by atoms with Gasteiger partial charge < -0.3 is 5.32 Å². The Morgan fingerprint density at radius 3 is 2.75 bits per heavy atom. The molecular formula is C18H19N3O2S. The monoisotopic (exact) mass is 341 g/mol. The third-order valence-electron chi connectivity index (χ3n) is 4.15. The molecule has 0 radical (unpaired) electrons. The van der Waals surface area contributed by atoms with Crippen LogP contribution in [0.2, 0.25) is 0 Å². The van der Waals surface area contributed by atoms with Gasteiger partial charge >= 0.3 is 0 Å². The summed E-state index contributed by atoms with van der Waals surface area (Å²) in [4.78, 5) is 31.2. The maximum absolute atomic E-state index is 12.6. The Hall–Kier alpha value is -2.47. The number of carbonyl (C=O) groups is 1. The number of nitrogens with one attached hydrogen (secondary N) is 1. The Kier molecular flexibility index (Phi) is 4.24. The topological polar surface area (TPSA) is 64.0 Å². The third kappa shape index (κ3) is 2.97. The van der Waals surface area contributed by atoms with E-state index in [9.17, 15) is 9.59 Å². The second-order valence-corrected chi connectivity index (χ2v) is 7.16. The molecule has 3 aromatic rings. The van der Waals surface area contributed by atoms with Gasteiger partial charge in [0.1, 0.15) is 17.2 Å². The minimum atomic E-state index is -0.234. The van der Waals surface area contributed by atoms with Crippen molar-refractivity contribution in [1.29, 1.82) is 0 Å². The van der Waals surface area contributed by atoms with Crippen molar-refractivity contribution < 1.29 is 4.79 Å². The second-order valence-electron chi connectivity index (χ2n) is 5.92. The number of anilines is 1. The highest BCUT2D eigenvalue weighted by Gasteiger charge is 2.14. The predicted octanol–water partition coefficient (Wildman–Crippen LogP) is 3.33. The molecule has 124 valence electrons. The summed E-state index contributed by atoms with van der Waals surface area (Å²) < 4.78 is 1.43. The fourth-order valence-corrected chi connectivity index (χ4v) is 3.56. The van der Waals surface area contributed by atoms with E-state index in [1.165, 1.54) is 15.9 Å². The summed E-state index contributed by atoms with van der Waals surface area (Å²) in [6.45, 7) is 7.61. The van der Waals surface area contributed by atoms with E-state index >= 15 is 0 Å². The standard InChI is InChI=1S/C18H19N3O2S/c1-10-6-5-7-15(12(10)3)20-16(22)9-21-13(4)19-17-14(18(21)23)8-11(2)24-17/h5-8H,9H2,1-4H3,(H,20,22). The molecule has 0 fully saturated rings. The highest BCUT2D eigenvalue weighted by atomic mass is 32.1. The molecule has 6 heteroatoms. The number of thiophene rings is 1. The lowest BCUT2D eigenvalue weighted by molar-refractivity contribution is -0.116. The Bertz CT molecular complexity index is 1000. The highest BCUT2D eigenvalue weighted by Crippen LogP contribution is 2.21. The Morgan fingerprint density at radius 1 is 1.25 bits per heavy atom. The van der Waals surface area contributed by atoms with Gasteiger partial charge in [0.15, 0.2) is 0 Å². The molecule has 0 aliphatic rings. The SMILES string of the molecule is Cc1cc2c(=O)n(CC(=O)Nc3cccc(C)c3C)c(C)nc2s1. The molecule has 0 saturated carbocycles. The number of amides is 1. The summed E-state index contributed by atoms with van der Waals surface area (Å²) >= 11 is 1.49. The van der Waals surface area contributed by atoms with E-state index in [1.54, 1.807) is 6.92 Å². The molecule has 5 nitrogen and oxygen atoms in total. The molecule has 0 spiro atoms. The van der Waals surface area contributed by atoms with E-state index in [-0.39, 0.29) is 18.0 Å². The van der Waals surface area contributed by atoms with Gasteiger partial charge in [0.25, 0.3) is 5.56 Å². The molecule has 0 saturated heterocycles. The van der Waals surface area contributed by atoms with Crippen LogP contribution in [0, 0.1) is 27.7 Å². The first-order valence-electron chi connectivity index (χ1n) is 7.70. The lowest BCUT2D eigenvalue weighted by atomic mass is 10.1. The molecule has 0 aliphatic carbocycles. The van der Waals surface area contributed by atoms with Gasteiger partial charge in [-0.25, -0.2) is 4.98 Å². The van der Waals surface area contributed by atoms with Crippen molar-refractivity contribution in [3.63, 3.8) is 0 Å². The summed E-state index contributed by atoms with van der Waals surface area (Å²) in [6.07, 6.45) is 0. The van der Waals surface area contributed by atoms with Crippen LogP contribution in [0.15, 0.2) is 29.1 Å². The highest BCUT2D eigenvalue weighted by molar-refractivity contribution is 7.18. The van der Waals surface area contributed by atoms with Crippen LogP contribution >= 0.6 is 11.3 Å². The maximum atomic E-state index is 12.6. The molecular weight excluding hydrogens is 322 g/mol. The molecule has 0 bridgehead atoms. The molecule has 0 aliphatic heterocycles. The molecule has 1 amide bonds. The van der Waals surface area contributed by atoms with E-state index in [0.29, 0.717) is 11.2 Å².